The summed E-state index contributed by atoms with van der Waals surface area (Å²) in [4.78, 5) is 4.64. The second-order valence-electron chi connectivity index (χ2n) is 4.42. The molecular formula is C14H17ClN2. The Morgan fingerprint density at radius 2 is 2.12 bits per heavy atom. The van der Waals surface area contributed by atoms with Crippen molar-refractivity contribution < 1.29 is 0 Å². The quantitative estimate of drug-likeness (QED) is 0.869. The number of para-hydroxylation sites is 1. The second-order valence-corrected chi connectivity index (χ2v) is 4.83. The standard InChI is InChI=1S/C14H17ClN2/c1-4-16-14-11(9(2)3)8-10-6-5-7-12(15)13(10)17-14/h5-9H,4H2,1-3H3,(H,16,17). The lowest BCUT2D eigenvalue weighted by molar-refractivity contribution is 0.862. The maximum absolute atomic E-state index is 6.17. The maximum atomic E-state index is 6.17. The summed E-state index contributed by atoms with van der Waals surface area (Å²) >= 11 is 6.17. The van der Waals surface area contributed by atoms with Crippen molar-refractivity contribution in [2.45, 2.75) is 26.7 Å². The van der Waals surface area contributed by atoms with Crippen molar-refractivity contribution in [1.29, 1.82) is 0 Å². The number of hydrogen-bond donors (Lipinski definition) is 1. The zero-order valence-electron chi connectivity index (χ0n) is 10.4. The molecule has 0 spiro atoms. The first kappa shape index (κ1) is 12.2. The zero-order chi connectivity index (χ0) is 12.4. The minimum absolute atomic E-state index is 0.444. The lowest BCUT2D eigenvalue weighted by Crippen LogP contribution is -2.05. The molecule has 0 radical (unpaired) electrons. The average Bonchev–Trinajstić information content (AvgIpc) is 2.29. The van der Waals surface area contributed by atoms with Crippen LogP contribution in [0.15, 0.2) is 24.3 Å². The van der Waals surface area contributed by atoms with Gasteiger partial charge in [-0.2, -0.15) is 0 Å². The molecule has 0 saturated carbocycles. The molecule has 0 amide bonds. The molecule has 1 N–H and O–H groups in total. The van der Waals surface area contributed by atoms with Crippen LogP contribution in [-0.4, -0.2) is 11.5 Å². The molecule has 1 aromatic heterocycles. The van der Waals surface area contributed by atoms with Gasteiger partial charge in [-0.05, 0) is 30.5 Å². The molecule has 17 heavy (non-hydrogen) atoms. The Kier molecular flexibility index (Phi) is 3.53. The number of fused-ring (bicyclic) bond motifs is 1. The van der Waals surface area contributed by atoms with E-state index in [0.29, 0.717) is 10.9 Å². The van der Waals surface area contributed by atoms with Crippen LogP contribution in [0.25, 0.3) is 10.9 Å². The third-order valence-electron chi connectivity index (χ3n) is 2.79. The van der Waals surface area contributed by atoms with E-state index in [1.165, 1.54) is 5.56 Å². The van der Waals surface area contributed by atoms with Gasteiger partial charge in [0.2, 0.25) is 0 Å². The van der Waals surface area contributed by atoms with Gasteiger partial charge in [-0.25, -0.2) is 4.98 Å². The third-order valence-corrected chi connectivity index (χ3v) is 3.10. The number of nitrogens with zero attached hydrogens (tertiary/aromatic N) is 1. The van der Waals surface area contributed by atoms with E-state index >= 15 is 0 Å². The normalized spacial score (nSPS) is 11.1. The van der Waals surface area contributed by atoms with Crippen LogP contribution in [0.4, 0.5) is 5.82 Å². The van der Waals surface area contributed by atoms with Crippen LogP contribution in [0.1, 0.15) is 32.3 Å². The van der Waals surface area contributed by atoms with Gasteiger partial charge in [-0.15, -0.1) is 0 Å². The lowest BCUT2D eigenvalue weighted by Gasteiger charge is -2.14. The highest BCUT2D eigenvalue weighted by Crippen LogP contribution is 2.29. The lowest BCUT2D eigenvalue weighted by atomic mass is 10.0. The predicted molar refractivity (Wildman–Crippen MR) is 75.0 cm³/mol. The van der Waals surface area contributed by atoms with E-state index in [1.54, 1.807) is 0 Å². The van der Waals surface area contributed by atoms with Gasteiger partial charge in [0, 0.05) is 11.9 Å². The number of aromatic nitrogens is 1. The third kappa shape index (κ3) is 2.37. The molecule has 0 atom stereocenters. The maximum Gasteiger partial charge on any atom is 0.130 e. The zero-order valence-corrected chi connectivity index (χ0v) is 11.2. The topological polar surface area (TPSA) is 24.9 Å². The summed E-state index contributed by atoms with van der Waals surface area (Å²) in [6, 6.07) is 8.07. The molecular weight excluding hydrogens is 232 g/mol. The molecule has 0 fully saturated rings. The highest BCUT2D eigenvalue weighted by atomic mass is 35.5. The Labute approximate surface area is 107 Å². The molecule has 0 aliphatic heterocycles. The van der Waals surface area contributed by atoms with E-state index in [4.69, 9.17) is 11.6 Å². The predicted octanol–water partition coefficient (Wildman–Crippen LogP) is 4.44. The van der Waals surface area contributed by atoms with Crippen LogP contribution in [0, 0.1) is 0 Å². The van der Waals surface area contributed by atoms with Gasteiger partial charge in [-0.1, -0.05) is 37.6 Å². The van der Waals surface area contributed by atoms with Crippen LogP contribution >= 0.6 is 11.6 Å². The Balaban J connectivity index is 2.68. The van der Waals surface area contributed by atoms with Crippen molar-refractivity contribution in [2.24, 2.45) is 0 Å². The van der Waals surface area contributed by atoms with Gasteiger partial charge in [0.15, 0.2) is 0 Å². The summed E-state index contributed by atoms with van der Waals surface area (Å²) in [6.07, 6.45) is 0. The van der Waals surface area contributed by atoms with Crippen LogP contribution in [0.2, 0.25) is 5.02 Å². The first-order valence-corrected chi connectivity index (χ1v) is 6.34. The van der Waals surface area contributed by atoms with Gasteiger partial charge >= 0.3 is 0 Å². The largest absolute Gasteiger partial charge is 0.370 e. The van der Waals surface area contributed by atoms with Crippen molar-refractivity contribution in [3.63, 3.8) is 0 Å². The summed E-state index contributed by atoms with van der Waals surface area (Å²) in [7, 11) is 0. The number of rotatable bonds is 3. The fraction of sp³-hybridized carbons (Fsp3) is 0.357. The van der Waals surface area contributed by atoms with Crippen molar-refractivity contribution in [3.8, 4) is 0 Å². The number of nitrogens with one attached hydrogen (secondary N) is 1. The highest BCUT2D eigenvalue weighted by molar-refractivity contribution is 6.35. The summed E-state index contributed by atoms with van der Waals surface area (Å²) < 4.78 is 0. The summed E-state index contributed by atoms with van der Waals surface area (Å²) in [5, 5.41) is 5.11. The van der Waals surface area contributed by atoms with Crippen molar-refractivity contribution in [2.75, 3.05) is 11.9 Å². The molecule has 0 saturated heterocycles. The van der Waals surface area contributed by atoms with Gasteiger partial charge in [0.1, 0.15) is 5.82 Å². The molecule has 0 unspecified atom stereocenters. The van der Waals surface area contributed by atoms with Crippen molar-refractivity contribution in [1.82, 2.24) is 4.98 Å². The minimum Gasteiger partial charge on any atom is -0.370 e. The number of benzene rings is 1. The number of hydrogen-bond acceptors (Lipinski definition) is 2. The Hall–Kier alpha value is -1.28. The van der Waals surface area contributed by atoms with E-state index < -0.39 is 0 Å². The summed E-state index contributed by atoms with van der Waals surface area (Å²) in [6.45, 7) is 7.29. The van der Waals surface area contributed by atoms with Gasteiger partial charge < -0.3 is 5.32 Å². The Bertz CT molecular complexity index is 535. The van der Waals surface area contributed by atoms with E-state index in [-0.39, 0.29) is 0 Å². The molecule has 2 aromatic rings. The van der Waals surface area contributed by atoms with Crippen LogP contribution in [0.3, 0.4) is 0 Å². The molecule has 90 valence electrons. The summed E-state index contributed by atoms with van der Waals surface area (Å²) in [5.41, 5.74) is 2.11. The molecule has 1 aromatic carbocycles. The number of pyridine rings is 1. The second kappa shape index (κ2) is 4.92. The number of halogens is 1. The monoisotopic (exact) mass is 248 g/mol. The highest BCUT2D eigenvalue weighted by Gasteiger charge is 2.10. The van der Waals surface area contributed by atoms with Gasteiger partial charge in [-0.3, -0.25) is 0 Å². The van der Waals surface area contributed by atoms with Gasteiger partial charge in [0.25, 0.3) is 0 Å². The molecule has 0 bridgehead atoms. The fourth-order valence-corrected chi connectivity index (χ4v) is 2.15. The van der Waals surface area contributed by atoms with E-state index in [9.17, 15) is 0 Å². The van der Waals surface area contributed by atoms with E-state index in [1.807, 2.05) is 12.1 Å². The summed E-state index contributed by atoms with van der Waals surface area (Å²) in [5.74, 6) is 1.39. The molecule has 2 rings (SSSR count). The van der Waals surface area contributed by atoms with Crippen LogP contribution in [-0.2, 0) is 0 Å². The van der Waals surface area contributed by atoms with Crippen molar-refractivity contribution in [3.05, 3.63) is 34.9 Å². The molecule has 1 heterocycles. The average molecular weight is 249 g/mol. The molecule has 0 aliphatic rings. The smallest absolute Gasteiger partial charge is 0.130 e. The van der Waals surface area contributed by atoms with Gasteiger partial charge in [0.05, 0.1) is 10.5 Å². The Morgan fingerprint density at radius 3 is 2.76 bits per heavy atom. The molecule has 2 nitrogen and oxygen atoms in total. The van der Waals surface area contributed by atoms with Crippen molar-refractivity contribution >= 4 is 28.3 Å². The molecule has 0 aliphatic carbocycles. The Morgan fingerprint density at radius 1 is 1.35 bits per heavy atom. The first-order valence-electron chi connectivity index (χ1n) is 5.96. The minimum atomic E-state index is 0.444. The molecule has 3 heteroatoms. The van der Waals surface area contributed by atoms with Crippen LogP contribution < -0.4 is 5.32 Å². The fourth-order valence-electron chi connectivity index (χ4n) is 1.93. The van der Waals surface area contributed by atoms with E-state index in [0.717, 1.165) is 23.3 Å². The van der Waals surface area contributed by atoms with E-state index in [2.05, 4.69) is 43.2 Å². The van der Waals surface area contributed by atoms with Crippen LogP contribution in [0.5, 0.6) is 0 Å². The number of anilines is 1. The first-order chi connectivity index (χ1) is 8.13. The SMILES string of the molecule is CCNc1nc2c(Cl)cccc2cc1C(C)C.